The first-order valence-electron chi connectivity index (χ1n) is 4.53. The predicted octanol–water partition coefficient (Wildman–Crippen LogP) is 1.73. The number of carbonyl (C=O) groups excluding carboxylic acids is 1. The van der Waals surface area contributed by atoms with Gasteiger partial charge < -0.3 is 5.32 Å². The summed E-state index contributed by atoms with van der Waals surface area (Å²) in [5.74, 6) is -0.333. The minimum atomic E-state index is -0.341. The SMILES string of the molecule is CNN(C)C(=O)Nc1cccc(F)c1C. The summed E-state index contributed by atoms with van der Waals surface area (Å²) >= 11 is 0. The van der Waals surface area contributed by atoms with E-state index >= 15 is 0 Å². The number of amides is 2. The fraction of sp³-hybridized carbons (Fsp3) is 0.300. The molecular formula is C10H14FN3O. The van der Waals surface area contributed by atoms with Crippen molar-refractivity contribution in [2.24, 2.45) is 0 Å². The monoisotopic (exact) mass is 211 g/mol. The maximum absolute atomic E-state index is 13.1. The van der Waals surface area contributed by atoms with Gasteiger partial charge >= 0.3 is 6.03 Å². The Balaban J connectivity index is 2.81. The zero-order valence-corrected chi connectivity index (χ0v) is 8.97. The number of carbonyl (C=O) groups is 1. The molecule has 1 aromatic rings. The Labute approximate surface area is 88.0 Å². The molecule has 0 saturated heterocycles. The number of hydrazine groups is 1. The number of anilines is 1. The second-order valence-corrected chi connectivity index (χ2v) is 3.13. The molecule has 0 atom stereocenters. The van der Waals surface area contributed by atoms with Crippen LogP contribution in [0.3, 0.4) is 0 Å². The molecule has 15 heavy (non-hydrogen) atoms. The summed E-state index contributed by atoms with van der Waals surface area (Å²) < 4.78 is 13.1. The van der Waals surface area contributed by atoms with E-state index < -0.39 is 0 Å². The maximum atomic E-state index is 13.1. The Hall–Kier alpha value is -1.62. The Kier molecular flexibility index (Phi) is 3.62. The number of rotatable bonds is 2. The van der Waals surface area contributed by atoms with Crippen LogP contribution in [0.2, 0.25) is 0 Å². The van der Waals surface area contributed by atoms with Crippen molar-refractivity contribution >= 4 is 11.7 Å². The molecule has 0 aromatic heterocycles. The van der Waals surface area contributed by atoms with Crippen molar-refractivity contribution in [3.63, 3.8) is 0 Å². The van der Waals surface area contributed by atoms with Crippen molar-refractivity contribution in [1.82, 2.24) is 10.4 Å². The third kappa shape index (κ3) is 2.66. The molecule has 0 spiro atoms. The van der Waals surface area contributed by atoms with Gasteiger partial charge in [0.05, 0.1) is 0 Å². The van der Waals surface area contributed by atoms with Crippen LogP contribution in [0, 0.1) is 12.7 Å². The van der Waals surface area contributed by atoms with Crippen LogP contribution < -0.4 is 10.7 Å². The van der Waals surface area contributed by atoms with Crippen LogP contribution in [0.1, 0.15) is 5.56 Å². The first kappa shape index (κ1) is 11.5. The number of benzene rings is 1. The summed E-state index contributed by atoms with van der Waals surface area (Å²) in [6.45, 7) is 1.62. The number of hydrogen-bond acceptors (Lipinski definition) is 2. The third-order valence-electron chi connectivity index (χ3n) is 2.15. The van der Waals surface area contributed by atoms with Gasteiger partial charge in [0.25, 0.3) is 0 Å². The van der Waals surface area contributed by atoms with Gasteiger partial charge in [0, 0.05) is 25.3 Å². The molecule has 0 saturated carbocycles. The number of urea groups is 1. The largest absolute Gasteiger partial charge is 0.335 e. The standard InChI is InChI=1S/C10H14FN3O/c1-7-8(11)5-4-6-9(7)13-10(15)14(3)12-2/h4-6,12H,1-3H3,(H,13,15). The highest BCUT2D eigenvalue weighted by Gasteiger charge is 2.09. The summed E-state index contributed by atoms with van der Waals surface area (Å²) in [7, 11) is 3.20. The number of nitrogens with zero attached hydrogens (tertiary/aromatic N) is 1. The van der Waals surface area contributed by atoms with E-state index in [2.05, 4.69) is 10.7 Å². The Morgan fingerprint density at radius 2 is 2.13 bits per heavy atom. The molecule has 0 bridgehead atoms. The van der Waals surface area contributed by atoms with Gasteiger partial charge in [0.15, 0.2) is 0 Å². The Morgan fingerprint density at radius 1 is 1.47 bits per heavy atom. The molecular weight excluding hydrogens is 197 g/mol. The zero-order chi connectivity index (χ0) is 11.4. The smallest absolute Gasteiger partial charge is 0.306 e. The molecule has 5 heteroatoms. The van der Waals surface area contributed by atoms with Crippen LogP contribution >= 0.6 is 0 Å². The molecule has 0 aliphatic heterocycles. The lowest BCUT2D eigenvalue weighted by atomic mass is 10.2. The van der Waals surface area contributed by atoms with Crippen molar-refractivity contribution in [1.29, 1.82) is 0 Å². The molecule has 0 radical (unpaired) electrons. The van der Waals surface area contributed by atoms with Crippen molar-refractivity contribution in [2.75, 3.05) is 19.4 Å². The second-order valence-electron chi connectivity index (χ2n) is 3.13. The molecule has 0 fully saturated rings. The summed E-state index contributed by atoms with van der Waals surface area (Å²) in [5.41, 5.74) is 3.55. The Morgan fingerprint density at radius 3 is 2.73 bits per heavy atom. The van der Waals surface area contributed by atoms with Gasteiger partial charge in [0.2, 0.25) is 0 Å². The van der Waals surface area contributed by atoms with E-state index in [9.17, 15) is 9.18 Å². The highest BCUT2D eigenvalue weighted by Crippen LogP contribution is 2.17. The van der Waals surface area contributed by atoms with Crippen molar-refractivity contribution in [2.45, 2.75) is 6.92 Å². The molecule has 2 amide bonds. The van der Waals surface area contributed by atoms with E-state index in [1.165, 1.54) is 11.1 Å². The Bertz CT molecular complexity index is 368. The zero-order valence-electron chi connectivity index (χ0n) is 8.97. The summed E-state index contributed by atoms with van der Waals surface area (Å²) in [4.78, 5) is 11.4. The average Bonchev–Trinajstić information content (AvgIpc) is 2.23. The van der Waals surface area contributed by atoms with Gasteiger partial charge in [0.1, 0.15) is 5.82 Å². The average molecular weight is 211 g/mol. The molecule has 0 heterocycles. The molecule has 82 valence electrons. The lowest BCUT2D eigenvalue weighted by molar-refractivity contribution is 0.207. The topological polar surface area (TPSA) is 44.4 Å². The molecule has 0 unspecified atom stereocenters. The minimum absolute atomic E-state index is 0.333. The van der Waals surface area contributed by atoms with Crippen LogP contribution in [-0.4, -0.2) is 25.1 Å². The van der Waals surface area contributed by atoms with E-state index in [0.717, 1.165) is 0 Å². The lowest BCUT2D eigenvalue weighted by Gasteiger charge is -2.17. The van der Waals surface area contributed by atoms with Gasteiger partial charge in [-0.05, 0) is 19.1 Å². The van der Waals surface area contributed by atoms with Crippen LogP contribution in [0.15, 0.2) is 18.2 Å². The van der Waals surface area contributed by atoms with Crippen molar-refractivity contribution < 1.29 is 9.18 Å². The quantitative estimate of drug-likeness (QED) is 0.732. The number of halogens is 1. The van der Waals surface area contributed by atoms with Gasteiger partial charge in [-0.2, -0.15) is 0 Å². The molecule has 0 aliphatic carbocycles. The minimum Gasteiger partial charge on any atom is -0.306 e. The summed E-state index contributed by atoms with van der Waals surface area (Å²) in [5, 5.41) is 3.85. The molecule has 2 N–H and O–H groups in total. The first-order valence-corrected chi connectivity index (χ1v) is 4.53. The van der Waals surface area contributed by atoms with Crippen molar-refractivity contribution in [3.8, 4) is 0 Å². The summed E-state index contributed by atoms with van der Waals surface area (Å²) in [6.07, 6.45) is 0. The first-order chi connectivity index (χ1) is 7.06. The van der Waals surface area contributed by atoms with Gasteiger partial charge in [-0.3, -0.25) is 5.01 Å². The van der Waals surface area contributed by atoms with Gasteiger partial charge in [-0.25, -0.2) is 14.6 Å². The highest BCUT2D eigenvalue weighted by molar-refractivity contribution is 5.89. The van der Waals surface area contributed by atoms with Crippen LogP contribution in [-0.2, 0) is 0 Å². The van der Waals surface area contributed by atoms with Crippen LogP contribution in [0.5, 0.6) is 0 Å². The fourth-order valence-corrected chi connectivity index (χ4v) is 1.04. The molecule has 4 nitrogen and oxygen atoms in total. The number of nitrogens with one attached hydrogen (secondary N) is 2. The van der Waals surface area contributed by atoms with Gasteiger partial charge in [-0.1, -0.05) is 6.07 Å². The van der Waals surface area contributed by atoms with E-state index in [-0.39, 0.29) is 11.8 Å². The van der Waals surface area contributed by atoms with Crippen LogP contribution in [0.25, 0.3) is 0 Å². The highest BCUT2D eigenvalue weighted by atomic mass is 19.1. The fourth-order valence-electron chi connectivity index (χ4n) is 1.04. The second kappa shape index (κ2) is 4.75. The number of hydrogen-bond donors (Lipinski definition) is 2. The maximum Gasteiger partial charge on any atom is 0.335 e. The van der Waals surface area contributed by atoms with Crippen molar-refractivity contribution in [3.05, 3.63) is 29.6 Å². The van der Waals surface area contributed by atoms with E-state index in [1.54, 1.807) is 33.2 Å². The lowest BCUT2D eigenvalue weighted by Crippen LogP contribution is -2.39. The predicted molar refractivity (Wildman–Crippen MR) is 57.0 cm³/mol. The van der Waals surface area contributed by atoms with Gasteiger partial charge in [-0.15, -0.1) is 0 Å². The van der Waals surface area contributed by atoms with E-state index in [1.807, 2.05) is 0 Å². The molecule has 1 aromatic carbocycles. The van der Waals surface area contributed by atoms with Crippen LogP contribution in [0.4, 0.5) is 14.9 Å². The molecule has 0 aliphatic rings. The van der Waals surface area contributed by atoms with E-state index in [4.69, 9.17) is 0 Å². The normalized spacial score (nSPS) is 9.87. The van der Waals surface area contributed by atoms with E-state index in [0.29, 0.717) is 11.3 Å². The third-order valence-corrected chi connectivity index (χ3v) is 2.15. The summed E-state index contributed by atoms with van der Waals surface area (Å²) in [6, 6.07) is 4.22. The molecule has 1 rings (SSSR count).